The molecule has 0 bridgehead atoms. The number of carbonyl (C=O) groups is 1. The van der Waals surface area contributed by atoms with Gasteiger partial charge in [-0.25, -0.2) is 0 Å². The Morgan fingerprint density at radius 2 is 2.19 bits per heavy atom. The van der Waals surface area contributed by atoms with Crippen LogP contribution in [0.2, 0.25) is 0 Å². The fourth-order valence-corrected chi connectivity index (χ4v) is 3.95. The van der Waals surface area contributed by atoms with Crippen LogP contribution in [0.3, 0.4) is 0 Å². The molecule has 3 aliphatic rings. The molecule has 21 heavy (non-hydrogen) atoms. The number of amides is 1. The fourth-order valence-electron chi connectivity index (χ4n) is 3.95. The summed E-state index contributed by atoms with van der Waals surface area (Å²) in [6.07, 6.45) is 5.90. The maximum Gasteiger partial charge on any atom is 0.254 e. The maximum absolute atomic E-state index is 12.9. The number of hydrogen-bond acceptors (Lipinski definition) is 3. The van der Waals surface area contributed by atoms with E-state index in [1.165, 1.54) is 24.1 Å². The summed E-state index contributed by atoms with van der Waals surface area (Å²) in [6, 6.07) is 6.37. The highest BCUT2D eigenvalue weighted by Gasteiger charge is 2.37. The average Bonchev–Trinajstić information content (AvgIpc) is 3.01. The van der Waals surface area contributed by atoms with Gasteiger partial charge in [-0.2, -0.15) is 0 Å². The van der Waals surface area contributed by atoms with Gasteiger partial charge in [-0.05, 0) is 43.0 Å². The number of morpholine rings is 1. The standard InChI is InChI=1S/C17H22N2O2/c20-17(13-5-6-14-12(11-13)7-8-18-14)19-9-10-21-16-4-2-1-3-15(16)19/h5-6,11,15-16,18H,1-4,7-10H2/t15-,16-/m0/s1. The predicted molar refractivity (Wildman–Crippen MR) is 81.7 cm³/mol. The summed E-state index contributed by atoms with van der Waals surface area (Å²) in [4.78, 5) is 15.0. The van der Waals surface area contributed by atoms with Gasteiger partial charge in [0.15, 0.2) is 0 Å². The second-order valence-electron chi connectivity index (χ2n) is 6.31. The Bertz CT molecular complexity index is 556. The number of rotatable bonds is 1. The predicted octanol–water partition coefficient (Wildman–Crippen LogP) is 2.44. The largest absolute Gasteiger partial charge is 0.384 e. The van der Waals surface area contributed by atoms with Crippen LogP contribution in [0.5, 0.6) is 0 Å². The van der Waals surface area contributed by atoms with Gasteiger partial charge in [0.2, 0.25) is 0 Å². The van der Waals surface area contributed by atoms with Crippen molar-refractivity contribution in [1.29, 1.82) is 0 Å². The topological polar surface area (TPSA) is 41.6 Å². The van der Waals surface area contributed by atoms with E-state index in [0.717, 1.165) is 37.9 Å². The lowest BCUT2D eigenvalue weighted by Crippen LogP contribution is -2.54. The quantitative estimate of drug-likeness (QED) is 0.862. The molecule has 2 aliphatic heterocycles. The highest BCUT2D eigenvalue weighted by atomic mass is 16.5. The number of carbonyl (C=O) groups excluding carboxylic acids is 1. The second kappa shape index (κ2) is 5.34. The minimum Gasteiger partial charge on any atom is -0.384 e. The lowest BCUT2D eigenvalue weighted by atomic mass is 9.89. The molecule has 1 N–H and O–H groups in total. The van der Waals surface area contributed by atoms with Crippen molar-refractivity contribution in [3.05, 3.63) is 29.3 Å². The molecular formula is C17H22N2O2. The molecular weight excluding hydrogens is 264 g/mol. The van der Waals surface area contributed by atoms with E-state index < -0.39 is 0 Å². The highest BCUT2D eigenvalue weighted by Crippen LogP contribution is 2.30. The molecule has 4 rings (SSSR count). The van der Waals surface area contributed by atoms with E-state index in [9.17, 15) is 4.79 Å². The first kappa shape index (κ1) is 13.1. The van der Waals surface area contributed by atoms with Gasteiger partial charge in [0.25, 0.3) is 5.91 Å². The van der Waals surface area contributed by atoms with E-state index in [1.807, 2.05) is 12.1 Å². The SMILES string of the molecule is O=C(c1ccc2c(c1)CCN2)N1CCO[C@H]2CCCC[C@@H]21. The van der Waals surface area contributed by atoms with Crippen molar-refractivity contribution in [3.63, 3.8) is 0 Å². The first-order valence-electron chi connectivity index (χ1n) is 8.12. The van der Waals surface area contributed by atoms with Crippen LogP contribution in [0.4, 0.5) is 5.69 Å². The first-order valence-corrected chi connectivity index (χ1v) is 8.12. The van der Waals surface area contributed by atoms with Crippen LogP contribution in [-0.4, -0.2) is 42.6 Å². The molecule has 2 fully saturated rings. The number of ether oxygens (including phenoxy) is 1. The van der Waals surface area contributed by atoms with Gasteiger partial charge in [-0.3, -0.25) is 4.79 Å². The lowest BCUT2D eigenvalue weighted by molar-refractivity contribution is -0.0752. The molecule has 4 heteroatoms. The van der Waals surface area contributed by atoms with Crippen LogP contribution in [0, 0.1) is 0 Å². The zero-order chi connectivity index (χ0) is 14.2. The Morgan fingerprint density at radius 3 is 3.14 bits per heavy atom. The molecule has 1 saturated carbocycles. The summed E-state index contributed by atoms with van der Waals surface area (Å²) in [6.45, 7) is 2.39. The van der Waals surface area contributed by atoms with E-state index >= 15 is 0 Å². The zero-order valence-electron chi connectivity index (χ0n) is 12.3. The molecule has 0 radical (unpaired) electrons. The fraction of sp³-hybridized carbons (Fsp3) is 0.588. The monoisotopic (exact) mass is 286 g/mol. The van der Waals surface area contributed by atoms with Crippen LogP contribution in [0.1, 0.15) is 41.6 Å². The number of anilines is 1. The summed E-state index contributed by atoms with van der Waals surface area (Å²) in [5, 5.41) is 3.35. The maximum atomic E-state index is 12.9. The average molecular weight is 286 g/mol. The third kappa shape index (κ3) is 2.31. The molecule has 1 aromatic rings. The van der Waals surface area contributed by atoms with Gasteiger partial charge in [0, 0.05) is 24.3 Å². The molecule has 0 aromatic heterocycles. The van der Waals surface area contributed by atoms with E-state index in [1.54, 1.807) is 0 Å². The van der Waals surface area contributed by atoms with Crippen LogP contribution >= 0.6 is 0 Å². The number of hydrogen-bond donors (Lipinski definition) is 1. The van der Waals surface area contributed by atoms with Crippen molar-refractivity contribution in [2.24, 2.45) is 0 Å². The molecule has 112 valence electrons. The van der Waals surface area contributed by atoms with Gasteiger partial charge in [-0.15, -0.1) is 0 Å². The molecule has 2 heterocycles. The van der Waals surface area contributed by atoms with Crippen LogP contribution in [0.15, 0.2) is 18.2 Å². The van der Waals surface area contributed by atoms with Crippen LogP contribution in [0.25, 0.3) is 0 Å². The van der Waals surface area contributed by atoms with Crippen molar-refractivity contribution < 1.29 is 9.53 Å². The molecule has 2 atom stereocenters. The number of nitrogens with one attached hydrogen (secondary N) is 1. The molecule has 0 spiro atoms. The van der Waals surface area contributed by atoms with E-state index in [-0.39, 0.29) is 18.1 Å². The number of nitrogens with zero attached hydrogens (tertiary/aromatic N) is 1. The molecule has 1 aliphatic carbocycles. The first-order chi connectivity index (χ1) is 10.3. The van der Waals surface area contributed by atoms with Crippen LogP contribution < -0.4 is 5.32 Å². The Morgan fingerprint density at radius 1 is 1.29 bits per heavy atom. The Labute approximate surface area is 125 Å². The van der Waals surface area contributed by atoms with E-state index in [0.29, 0.717) is 6.61 Å². The third-order valence-corrected chi connectivity index (χ3v) is 5.05. The van der Waals surface area contributed by atoms with Crippen LogP contribution in [-0.2, 0) is 11.2 Å². The zero-order valence-corrected chi connectivity index (χ0v) is 12.3. The normalized spacial score (nSPS) is 27.7. The van der Waals surface area contributed by atoms with E-state index in [4.69, 9.17) is 4.74 Å². The summed E-state index contributed by atoms with van der Waals surface area (Å²) in [5.41, 5.74) is 3.29. The van der Waals surface area contributed by atoms with E-state index in [2.05, 4.69) is 16.3 Å². The van der Waals surface area contributed by atoms with Crippen molar-refractivity contribution in [2.45, 2.75) is 44.2 Å². The van der Waals surface area contributed by atoms with Gasteiger partial charge >= 0.3 is 0 Å². The second-order valence-corrected chi connectivity index (χ2v) is 6.31. The Balaban J connectivity index is 1.58. The van der Waals surface area contributed by atoms with Gasteiger partial charge in [-0.1, -0.05) is 12.8 Å². The lowest BCUT2D eigenvalue weighted by Gasteiger charge is -2.43. The van der Waals surface area contributed by atoms with Crippen molar-refractivity contribution in [2.75, 3.05) is 25.0 Å². The number of benzene rings is 1. The van der Waals surface area contributed by atoms with Crippen molar-refractivity contribution >= 4 is 11.6 Å². The summed E-state index contributed by atoms with van der Waals surface area (Å²) in [7, 11) is 0. The minimum atomic E-state index is 0.185. The highest BCUT2D eigenvalue weighted by molar-refractivity contribution is 5.95. The number of fused-ring (bicyclic) bond motifs is 2. The molecule has 1 amide bonds. The summed E-state index contributed by atoms with van der Waals surface area (Å²) in [5.74, 6) is 0.185. The molecule has 0 unspecified atom stereocenters. The smallest absolute Gasteiger partial charge is 0.254 e. The van der Waals surface area contributed by atoms with Gasteiger partial charge in [0.05, 0.1) is 18.8 Å². The molecule has 1 aromatic carbocycles. The minimum absolute atomic E-state index is 0.185. The molecule has 1 saturated heterocycles. The Kier molecular flexibility index (Phi) is 3.34. The van der Waals surface area contributed by atoms with Gasteiger partial charge < -0.3 is 15.0 Å². The third-order valence-electron chi connectivity index (χ3n) is 5.05. The van der Waals surface area contributed by atoms with Gasteiger partial charge in [0.1, 0.15) is 0 Å². The summed E-state index contributed by atoms with van der Waals surface area (Å²) >= 11 is 0. The molecule has 4 nitrogen and oxygen atoms in total. The van der Waals surface area contributed by atoms with Crippen molar-refractivity contribution in [1.82, 2.24) is 4.90 Å². The summed E-state index contributed by atoms with van der Waals surface area (Å²) < 4.78 is 5.87. The Hall–Kier alpha value is -1.55. The van der Waals surface area contributed by atoms with Crippen molar-refractivity contribution in [3.8, 4) is 0 Å².